The van der Waals surface area contributed by atoms with Crippen molar-refractivity contribution in [3.8, 4) is 0 Å². The molecule has 2 amide bonds. The maximum Gasteiger partial charge on any atom is 0.286 e. The van der Waals surface area contributed by atoms with Crippen LogP contribution in [0.25, 0.3) is 0 Å². The summed E-state index contributed by atoms with van der Waals surface area (Å²) in [4.78, 5) is 26.8. The molecule has 0 spiro atoms. The lowest BCUT2D eigenvalue weighted by Gasteiger charge is -2.31. The number of carbonyl (C=O) groups is 2. The van der Waals surface area contributed by atoms with Crippen LogP contribution in [0.1, 0.15) is 43.9 Å². The van der Waals surface area contributed by atoms with Gasteiger partial charge in [0.05, 0.1) is 5.56 Å². The van der Waals surface area contributed by atoms with E-state index in [1.807, 2.05) is 0 Å². The molecule has 3 aromatic rings. The van der Waals surface area contributed by atoms with Crippen molar-refractivity contribution < 1.29 is 14.0 Å². The Kier molecular flexibility index (Phi) is 6.06. The third-order valence-electron chi connectivity index (χ3n) is 4.90. The Morgan fingerprint density at radius 1 is 1.13 bits per heavy atom. The zero-order valence-corrected chi connectivity index (χ0v) is 17.4. The number of aromatic nitrogens is 2. The molecular weight excluding hydrogens is 427 g/mol. The van der Waals surface area contributed by atoms with Gasteiger partial charge in [0.15, 0.2) is 0 Å². The second-order valence-corrected chi connectivity index (χ2v) is 8.42. The van der Waals surface area contributed by atoms with E-state index in [9.17, 15) is 14.0 Å². The van der Waals surface area contributed by atoms with Crippen LogP contribution in [-0.2, 0) is 0 Å². The highest BCUT2D eigenvalue weighted by Gasteiger charge is 2.29. The summed E-state index contributed by atoms with van der Waals surface area (Å²) >= 11 is 7.06. The van der Waals surface area contributed by atoms with Gasteiger partial charge in [-0.2, -0.15) is 0 Å². The van der Waals surface area contributed by atoms with E-state index in [4.69, 9.17) is 11.6 Å². The fourth-order valence-corrected chi connectivity index (χ4v) is 4.37. The van der Waals surface area contributed by atoms with Gasteiger partial charge in [-0.1, -0.05) is 35.1 Å². The predicted molar refractivity (Wildman–Crippen MR) is 114 cm³/mol. The molecule has 154 valence electrons. The van der Waals surface area contributed by atoms with Crippen molar-refractivity contribution in [2.45, 2.75) is 18.8 Å². The number of carbonyl (C=O) groups excluding carboxylic acids is 2. The van der Waals surface area contributed by atoms with E-state index in [-0.39, 0.29) is 28.3 Å². The molecular formula is C21H18ClFN4O2S. The minimum Gasteiger partial charge on any atom is -0.338 e. The number of rotatable bonds is 4. The van der Waals surface area contributed by atoms with Gasteiger partial charge in [-0.3, -0.25) is 9.59 Å². The van der Waals surface area contributed by atoms with Crippen molar-refractivity contribution in [1.82, 2.24) is 15.1 Å². The molecule has 0 aliphatic carbocycles. The topological polar surface area (TPSA) is 75.2 Å². The lowest BCUT2D eigenvalue weighted by molar-refractivity contribution is 0.0702. The first-order chi connectivity index (χ1) is 14.5. The molecule has 1 fully saturated rings. The molecule has 0 unspecified atom stereocenters. The maximum atomic E-state index is 14.0. The van der Waals surface area contributed by atoms with E-state index in [0.717, 1.165) is 12.8 Å². The number of nitrogens with zero attached hydrogens (tertiary/aromatic N) is 3. The number of piperidine rings is 1. The number of nitrogens with one attached hydrogen (secondary N) is 1. The third-order valence-corrected chi connectivity index (χ3v) is 6.24. The van der Waals surface area contributed by atoms with E-state index in [1.165, 1.54) is 23.5 Å². The first-order valence-electron chi connectivity index (χ1n) is 9.45. The molecule has 6 nitrogen and oxygen atoms in total. The summed E-state index contributed by atoms with van der Waals surface area (Å²) in [5.41, 5.74) is 0.680. The first kappa shape index (κ1) is 20.4. The Balaban J connectivity index is 1.44. The summed E-state index contributed by atoms with van der Waals surface area (Å²) in [5.74, 6) is -1.25. The van der Waals surface area contributed by atoms with Gasteiger partial charge >= 0.3 is 0 Å². The molecule has 1 aromatic heterocycles. The molecule has 1 aliphatic rings. The summed E-state index contributed by atoms with van der Waals surface area (Å²) in [6, 6.07) is 12.8. The van der Waals surface area contributed by atoms with Crippen LogP contribution >= 0.6 is 22.9 Å². The van der Waals surface area contributed by atoms with Gasteiger partial charge in [-0.15, -0.1) is 10.2 Å². The van der Waals surface area contributed by atoms with E-state index in [1.54, 1.807) is 41.3 Å². The van der Waals surface area contributed by atoms with Crippen molar-refractivity contribution in [2.24, 2.45) is 0 Å². The minimum absolute atomic E-state index is 0.0379. The normalized spacial score (nSPS) is 16.3. The maximum absolute atomic E-state index is 14.0. The fourth-order valence-electron chi connectivity index (χ4n) is 3.38. The van der Waals surface area contributed by atoms with Crippen LogP contribution < -0.4 is 5.32 Å². The van der Waals surface area contributed by atoms with E-state index in [0.29, 0.717) is 28.8 Å². The molecule has 9 heteroatoms. The highest BCUT2D eigenvalue weighted by molar-refractivity contribution is 7.13. The Morgan fingerprint density at radius 2 is 1.90 bits per heavy atom. The zero-order valence-electron chi connectivity index (χ0n) is 15.8. The van der Waals surface area contributed by atoms with Crippen LogP contribution in [0, 0.1) is 5.82 Å². The predicted octanol–water partition coefficient (Wildman–Crippen LogP) is 4.60. The highest BCUT2D eigenvalue weighted by atomic mass is 35.5. The van der Waals surface area contributed by atoms with Crippen molar-refractivity contribution in [3.05, 3.63) is 74.9 Å². The lowest BCUT2D eigenvalue weighted by atomic mass is 9.98. The standard InChI is InChI=1S/C21H18ClFN4O2S/c22-14-7-9-15(10-8-14)24-18(28)20-26-25-19(30-20)13-4-3-11-27(12-13)21(29)16-5-1-2-6-17(16)23/h1-2,5-10,13H,3-4,11-12H2,(H,24,28)/t13-/m0/s1. The van der Waals surface area contributed by atoms with Crippen LogP contribution in [0.2, 0.25) is 5.02 Å². The zero-order chi connectivity index (χ0) is 21.1. The van der Waals surface area contributed by atoms with Crippen molar-refractivity contribution in [1.29, 1.82) is 0 Å². The summed E-state index contributed by atoms with van der Waals surface area (Å²) in [6.45, 7) is 0.979. The summed E-state index contributed by atoms with van der Waals surface area (Å²) in [7, 11) is 0. The molecule has 4 rings (SSSR count). The van der Waals surface area contributed by atoms with E-state index >= 15 is 0 Å². The number of anilines is 1. The molecule has 2 aromatic carbocycles. The van der Waals surface area contributed by atoms with Crippen molar-refractivity contribution >= 4 is 40.4 Å². The average Bonchev–Trinajstić information content (AvgIpc) is 3.26. The van der Waals surface area contributed by atoms with Crippen LogP contribution in [0.4, 0.5) is 10.1 Å². The number of hydrogen-bond donors (Lipinski definition) is 1. The number of amides is 2. The largest absolute Gasteiger partial charge is 0.338 e. The molecule has 30 heavy (non-hydrogen) atoms. The fraction of sp³-hybridized carbons (Fsp3) is 0.238. The summed E-state index contributed by atoms with van der Waals surface area (Å²) < 4.78 is 14.0. The third kappa shape index (κ3) is 4.49. The average molecular weight is 445 g/mol. The second-order valence-electron chi connectivity index (χ2n) is 6.98. The highest BCUT2D eigenvalue weighted by Crippen LogP contribution is 2.30. The van der Waals surface area contributed by atoms with Gasteiger partial charge < -0.3 is 10.2 Å². The van der Waals surface area contributed by atoms with Crippen LogP contribution in [0.5, 0.6) is 0 Å². The van der Waals surface area contributed by atoms with Gasteiger partial charge in [0.25, 0.3) is 11.8 Å². The van der Waals surface area contributed by atoms with E-state index < -0.39 is 5.82 Å². The summed E-state index contributed by atoms with van der Waals surface area (Å²) in [5, 5.41) is 12.5. The number of hydrogen-bond acceptors (Lipinski definition) is 5. The minimum atomic E-state index is -0.526. The van der Waals surface area contributed by atoms with Gasteiger partial charge in [0, 0.05) is 29.7 Å². The molecule has 0 radical (unpaired) electrons. The Labute approximate surface area is 181 Å². The van der Waals surface area contributed by atoms with Gasteiger partial charge in [-0.25, -0.2) is 4.39 Å². The second kappa shape index (κ2) is 8.89. The van der Waals surface area contributed by atoms with Crippen molar-refractivity contribution in [2.75, 3.05) is 18.4 Å². The van der Waals surface area contributed by atoms with Crippen molar-refractivity contribution in [3.63, 3.8) is 0 Å². The molecule has 1 saturated heterocycles. The molecule has 2 heterocycles. The number of likely N-dealkylation sites (tertiary alicyclic amines) is 1. The van der Waals surface area contributed by atoms with Gasteiger partial charge in [-0.05, 0) is 49.2 Å². The molecule has 1 atom stereocenters. The molecule has 0 saturated carbocycles. The van der Waals surface area contributed by atoms with Gasteiger partial charge in [0.2, 0.25) is 5.01 Å². The SMILES string of the molecule is O=C(Nc1ccc(Cl)cc1)c1nnc([C@H]2CCCN(C(=O)c3ccccc3F)C2)s1. The summed E-state index contributed by atoms with van der Waals surface area (Å²) in [6.07, 6.45) is 1.60. The number of halogens is 2. The number of benzene rings is 2. The van der Waals surface area contributed by atoms with Crippen LogP contribution in [0.3, 0.4) is 0 Å². The first-order valence-corrected chi connectivity index (χ1v) is 10.6. The Bertz CT molecular complexity index is 1070. The van der Waals surface area contributed by atoms with Crippen LogP contribution in [-0.4, -0.2) is 40.0 Å². The lowest BCUT2D eigenvalue weighted by Crippen LogP contribution is -2.39. The quantitative estimate of drug-likeness (QED) is 0.638. The van der Waals surface area contributed by atoms with E-state index in [2.05, 4.69) is 15.5 Å². The molecule has 0 bridgehead atoms. The molecule has 1 N–H and O–H groups in total. The molecule has 1 aliphatic heterocycles. The monoisotopic (exact) mass is 444 g/mol. The van der Waals surface area contributed by atoms with Gasteiger partial charge in [0.1, 0.15) is 10.8 Å². The smallest absolute Gasteiger partial charge is 0.286 e. The van der Waals surface area contributed by atoms with Crippen LogP contribution in [0.15, 0.2) is 48.5 Å². The Morgan fingerprint density at radius 3 is 2.67 bits per heavy atom. The Hall–Kier alpha value is -2.84.